The Morgan fingerprint density at radius 1 is 1.38 bits per heavy atom. The second-order valence-corrected chi connectivity index (χ2v) is 6.48. The van der Waals surface area contributed by atoms with Crippen LogP contribution >= 0.6 is 11.6 Å². The van der Waals surface area contributed by atoms with Crippen LogP contribution in [0.2, 0.25) is 5.02 Å². The molecule has 1 aromatic carbocycles. The van der Waals surface area contributed by atoms with E-state index in [-0.39, 0.29) is 23.0 Å². The molecule has 1 N–H and O–H groups in total. The fourth-order valence-corrected chi connectivity index (χ4v) is 3.45. The van der Waals surface area contributed by atoms with Gasteiger partial charge < -0.3 is 10.2 Å². The minimum Gasteiger partial charge on any atom is -0.336 e. The third-order valence-corrected chi connectivity index (χ3v) is 4.90. The number of rotatable bonds is 4. The van der Waals surface area contributed by atoms with Crippen molar-refractivity contribution in [3.05, 3.63) is 52.6 Å². The van der Waals surface area contributed by atoms with Crippen LogP contribution in [0.25, 0.3) is 0 Å². The van der Waals surface area contributed by atoms with Crippen molar-refractivity contribution in [2.45, 2.75) is 31.5 Å². The summed E-state index contributed by atoms with van der Waals surface area (Å²) >= 11 is 5.84. The molecule has 7 heteroatoms. The van der Waals surface area contributed by atoms with Crippen molar-refractivity contribution in [3.8, 4) is 0 Å². The Balaban J connectivity index is 1.81. The van der Waals surface area contributed by atoms with Gasteiger partial charge in [-0.3, -0.25) is 9.48 Å². The zero-order valence-corrected chi connectivity index (χ0v) is 14.4. The minimum absolute atomic E-state index is 0.0153. The quantitative estimate of drug-likeness (QED) is 0.922. The lowest BCUT2D eigenvalue weighted by Gasteiger charge is -2.39. The summed E-state index contributed by atoms with van der Waals surface area (Å²) in [6.07, 6.45) is 2.89. The van der Waals surface area contributed by atoms with Crippen LogP contribution < -0.4 is 5.32 Å². The van der Waals surface area contributed by atoms with Gasteiger partial charge >= 0.3 is 0 Å². The number of benzene rings is 1. The number of nitrogens with zero attached hydrogens (tertiary/aromatic N) is 3. The summed E-state index contributed by atoms with van der Waals surface area (Å²) in [5.41, 5.74) is 1.47. The maximum Gasteiger partial charge on any atom is 0.222 e. The van der Waals surface area contributed by atoms with Crippen LogP contribution in [0.15, 0.2) is 30.5 Å². The first kappa shape index (κ1) is 16.9. The molecule has 128 valence electrons. The summed E-state index contributed by atoms with van der Waals surface area (Å²) in [5.74, 6) is -0.294. The Morgan fingerprint density at radius 3 is 2.88 bits per heavy atom. The number of carbonyl (C=O) groups excluding carboxylic acids is 1. The molecule has 2 heterocycles. The SMILES string of the molecule is CN1C(=O)CC[C@@H](NCc2cccc(Cl)c2F)[C@@H]1c1ccnn1C. The van der Waals surface area contributed by atoms with Gasteiger partial charge in [0.05, 0.1) is 16.8 Å². The number of likely N-dealkylation sites (N-methyl/N-ethyl adjacent to an activating group) is 1. The maximum atomic E-state index is 14.1. The molecule has 1 saturated heterocycles. The molecule has 2 atom stereocenters. The van der Waals surface area contributed by atoms with Crippen LogP contribution in [0.1, 0.15) is 30.1 Å². The lowest BCUT2D eigenvalue weighted by Crippen LogP contribution is -2.49. The molecule has 3 rings (SSSR count). The highest BCUT2D eigenvalue weighted by molar-refractivity contribution is 6.30. The summed E-state index contributed by atoms with van der Waals surface area (Å²) in [7, 11) is 3.66. The number of hydrogen-bond acceptors (Lipinski definition) is 3. The van der Waals surface area contributed by atoms with Crippen LogP contribution in [0.5, 0.6) is 0 Å². The summed E-state index contributed by atoms with van der Waals surface area (Å²) in [4.78, 5) is 13.9. The normalized spacial score (nSPS) is 21.3. The molecule has 1 aliphatic heterocycles. The highest BCUT2D eigenvalue weighted by Crippen LogP contribution is 2.31. The van der Waals surface area contributed by atoms with Gasteiger partial charge in [0.25, 0.3) is 0 Å². The van der Waals surface area contributed by atoms with Gasteiger partial charge in [0.1, 0.15) is 5.82 Å². The smallest absolute Gasteiger partial charge is 0.222 e. The lowest BCUT2D eigenvalue weighted by molar-refractivity contribution is -0.136. The molecule has 0 bridgehead atoms. The van der Waals surface area contributed by atoms with Crippen LogP contribution in [-0.4, -0.2) is 33.7 Å². The molecule has 1 amide bonds. The molecule has 0 unspecified atom stereocenters. The Labute approximate surface area is 145 Å². The number of likely N-dealkylation sites (tertiary alicyclic amines) is 1. The van der Waals surface area contributed by atoms with Crippen molar-refractivity contribution in [2.75, 3.05) is 7.05 Å². The number of halogens is 2. The Hall–Kier alpha value is -1.92. The zero-order chi connectivity index (χ0) is 17.3. The minimum atomic E-state index is -0.399. The summed E-state index contributed by atoms with van der Waals surface area (Å²) in [5, 5.41) is 7.71. The molecule has 0 aliphatic carbocycles. The zero-order valence-electron chi connectivity index (χ0n) is 13.7. The molecule has 24 heavy (non-hydrogen) atoms. The fourth-order valence-electron chi connectivity index (χ4n) is 3.26. The second kappa shape index (κ2) is 6.91. The molecular weight excluding hydrogens is 331 g/mol. The Morgan fingerprint density at radius 2 is 2.17 bits per heavy atom. The topological polar surface area (TPSA) is 50.2 Å². The molecule has 1 aromatic heterocycles. The molecule has 2 aromatic rings. The van der Waals surface area contributed by atoms with E-state index in [4.69, 9.17) is 11.6 Å². The molecule has 1 aliphatic rings. The molecule has 0 spiro atoms. The van der Waals surface area contributed by atoms with Crippen molar-refractivity contribution in [1.29, 1.82) is 0 Å². The standard InChI is InChI=1S/C17H20ClFN4O/c1-22-15(24)7-6-13(17(22)14-8-9-21-23(14)2)20-10-11-4-3-5-12(18)16(11)19/h3-5,8-9,13,17,20H,6-7,10H2,1-2H3/t13-,17-/m1/s1. The van der Waals surface area contributed by atoms with Crippen molar-refractivity contribution < 1.29 is 9.18 Å². The van der Waals surface area contributed by atoms with Crippen molar-refractivity contribution in [3.63, 3.8) is 0 Å². The van der Waals surface area contributed by atoms with Gasteiger partial charge in [-0.2, -0.15) is 5.10 Å². The van der Waals surface area contributed by atoms with E-state index in [1.807, 2.05) is 13.1 Å². The number of amides is 1. The van der Waals surface area contributed by atoms with Gasteiger partial charge in [-0.15, -0.1) is 0 Å². The summed E-state index contributed by atoms with van der Waals surface area (Å²) < 4.78 is 15.9. The van der Waals surface area contributed by atoms with E-state index in [1.165, 1.54) is 6.07 Å². The monoisotopic (exact) mass is 350 g/mol. The molecule has 0 radical (unpaired) electrons. The molecule has 1 fully saturated rings. The average molecular weight is 351 g/mol. The van der Waals surface area contributed by atoms with Gasteiger partial charge in [-0.05, 0) is 18.6 Å². The largest absolute Gasteiger partial charge is 0.336 e. The predicted octanol–water partition coefficient (Wildman–Crippen LogP) is 2.66. The predicted molar refractivity (Wildman–Crippen MR) is 90.0 cm³/mol. The summed E-state index contributed by atoms with van der Waals surface area (Å²) in [6.45, 7) is 0.355. The first-order valence-electron chi connectivity index (χ1n) is 7.89. The van der Waals surface area contributed by atoms with Crippen molar-refractivity contribution >= 4 is 17.5 Å². The van der Waals surface area contributed by atoms with Gasteiger partial charge in [0.2, 0.25) is 5.91 Å². The highest BCUT2D eigenvalue weighted by Gasteiger charge is 2.36. The number of aromatic nitrogens is 2. The van der Waals surface area contributed by atoms with Crippen LogP contribution in [0.3, 0.4) is 0 Å². The van der Waals surface area contributed by atoms with E-state index in [2.05, 4.69) is 10.4 Å². The van der Waals surface area contributed by atoms with E-state index in [0.717, 1.165) is 5.69 Å². The third-order valence-electron chi connectivity index (χ3n) is 4.61. The van der Waals surface area contributed by atoms with Crippen LogP contribution in [-0.2, 0) is 18.4 Å². The first-order chi connectivity index (χ1) is 11.5. The van der Waals surface area contributed by atoms with E-state index in [0.29, 0.717) is 24.9 Å². The summed E-state index contributed by atoms with van der Waals surface area (Å²) in [6, 6.07) is 6.77. The number of piperidine rings is 1. The van der Waals surface area contributed by atoms with Crippen LogP contribution in [0, 0.1) is 5.82 Å². The average Bonchev–Trinajstić information content (AvgIpc) is 2.98. The Kier molecular flexibility index (Phi) is 4.87. The van der Waals surface area contributed by atoms with Gasteiger partial charge in [-0.25, -0.2) is 4.39 Å². The van der Waals surface area contributed by atoms with E-state index >= 15 is 0 Å². The fraction of sp³-hybridized carbons (Fsp3) is 0.412. The molecule has 5 nitrogen and oxygen atoms in total. The van der Waals surface area contributed by atoms with E-state index < -0.39 is 5.82 Å². The van der Waals surface area contributed by atoms with E-state index in [9.17, 15) is 9.18 Å². The maximum absolute atomic E-state index is 14.1. The van der Waals surface area contributed by atoms with E-state index in [1.54, 1.807) is 35.0 Å². The molecular formula is C17H20ClFN4O. The number of hydrogen-bond donors (Lipinski definition) is 1. The van der Waals surface area contributed by atoms with Gasteiger partial charge in [0, 0.05) is 44.9 Å². The van der Waals surface area contributed by atoms with Gasteiger partial charge in [0.15, 0.2) is 0 Å². The Bertz CT molecular complexity index is 748. The first-order valence-corrected chi connectivity index (χ1v) is 8.26. The van der Waals surface area contributed by atoms with Crippen molar-refractivity contribution in [2.24, 2.45) is 7.05 Å². The van der Waals surface area contributed by atoms with Crippen LogP contribution in [0.4, 0.5) is 4.39 Å². The number of nitrogens with one attached hydrogen (secondary N) is 1. The second-order valence-electron chi connectivity index (χ2n) is 6.07. The highest BCUT2D eigenvalue weighted by atomic mass is 35.5. The lowest BCUT2D eigenvalue weighted by atomic mass is 9.93. The number of aryl methyl sites for hydroxylation is 1. The van der Waals surface area contributed by atoms with Gasteiger partial charge in [-0.1, -0.05) is 23.7 Å². The third kappa shape index (κ3) is 3.16. The van der Waals surface area contributed by atoms with Crippen molar-refractivity contribution in [1.82, 2.24) is 20.0 Å². The number of carbonyl (C=O) groups is 1. The molecule has 0 saturated carbocycles.